The van der Waals surface area contributed by atoms with Crippen molar-refractivity contribution in [1.29, 1.82) is 0 Å². The predicted molar refractivity (Wildman–Crippen MR) is 90.7 cm³/mol. The second-order valence-corrected chi connectivity index (χ2v) is 6.38. The van der Waals surface area contributed by atoms with Gasteiger partial charge in [-0.15, -0.1) is 0 Å². The third-order valence-corrected chi connectivity index (χ3v) is 4.37. The van der Waals surface area contributed by atoms with E-state index in [4.69, 9.17) is 0 Å². The second-order valence-electron chi connectivity index (χ2n) is 6.38. The molecule has 0 aliphatic carbocycles. The minimum Gasteiger partial charge on any atom is -0.353 e. The number of nitrogens with one attached hydrogen (secondary N) is 1. The summed E-state index contributed by atoms with van der Waals surface area (Å²) in [5.74, 6) is -0.455. The van der Waals surface area contributed by atoms with Gasteiger partial charge < -0.3 is 10.2 Å². The molecule has 1 N–H and O–H groups in total. The molecule has 1 aliphatic heterocycles. The van der Waals surface area contributed by atoms with Crippen molar-refractivity contribution in [3.63, 3.8) is 0 Å². The highest BCUT2D eigenvalue weighted by Gasteiger charge is 2.33. The van der Waals surface area contributed by atoms with Crippen LogP contribution in [0.3, 0.4) is 0 Å². The molecule has 0 unspecified atom stereocenters. The number of hydrogen-bond acceptors (Lipinski definition) is 3. The molecule has 2 amide bonds. The smallest absolute Gasteiger partial charge is 0.237 e. The van der Waals surface area contributed by atoms with Gasteiger partial charge in [-0.05, 0) is 38.5 Å². The summed E-state index contributed by atoms with van der Waals surface area (Å²) in [7, 11) is 0. The highest BCUT2D eigenvalue weighted by molar-refractivity contribution is 5.89. The summed E-state index contributed by atoms with van der Waals surface area (Å²) in [5, 5.41) is 2.83. The van der Waals surface area contributed by atoms with Crippen LogP contribution in [0.5, 0.6) is 0 Å². The Morgan fingerprint density at radius 3 is 2.83 bits per heavy atom. The van der Waals surface area contributed by atoms with Crippen LogP contribution in [0, 0.1) is 5.82 Å². The van der Waals surface area contributed by atoms with E-state index in [2.05, 4.69) is 5.32 Å². The van der Waals surface area contributed by atoms with Gasteiger partial charge in [-0.3, -0.25) is 14.5 Å². The zero-order valence-electron chi connectivity index (χ0n) is 14.6. The van der Waals surface area contributed by atoms with Gasteiger partial charge in [-0.25, -0.2) is 4.39 Å². The minimum absolute atomic E-state index is 0.0289. The Bertz CT molecular complexity index is 591. The predicted octanol–water partition coefficient (Wildman–Crippen LogP) is 1.77. The molecule has 1 aromatic carbocycles. The van der Waals surface area contributed by atoms with E-state index in [9.17, 15) is 14.0 Å². The molecule has 24 heavy (non-hydrogen) atoms. The lowest BCUT2D eigenvalue weighted by Crippen LogP contribution is -2.56. The fraction of sp³-hybridized carbons (Fsp3) is 0.556. The average Bonchev–Trinajstić information content (AvgIpc) is 2.51. The second kappa shape index (κ2) is 8.24. The van der Waals surface area contributed by atoms with E-state index in [-0.39, 0.29) is 30.1 Å². The van der Waals surface area contributed by atoms with Crippen molar-refractivity contribution in [2.45, 2.75) is 45.8 Å². The summed E-state index contributed by atoms with van der Waals surface area (Å²) in [6.07, 6.45) is 0.146. The molecule has 0 radical (unpaired) electrons. The highest BCUT2D eigenvalue weighted by atomic mass is 19.1. The Morgan fingerprint density at radius 1 is 1.46 bits per heavy atom. The number of nitrogens with zero attached hydrogens (tertiary/aromatic N) is 2. The van der Waals surface area contributed by atoms with E-state index < -0.39 is 6.04 Å². The fourth-order valence-corrected chi connectivity index (χ4v) is 3.16. The molecule has 1 fully saturated rings. The van der Waals surface area contributed by atoms with Gasteiger partial charge in [0.2, 0.25) is 11.8 Å². The van der Waals surface area contributed by atoms with Crippen LogP contribution in [-0.2, 0) is 16.1 Å². The molecule has 1 saturated heterocycles. The quantitative estimate of drug-likeness (QED) is 0.862. The molecule has 5 nitrogen and oxygen atoms in total. The van der Waals surface area contributed by atoms with Crippen molar-refractivity contribution in [1.82, 2.24) is 15.1 Å². The molecule has 0 spiro atoms. The van der Waals surface area contributed by atoms with E-state index in [1.54, 1.807) is 11.0 Å². The summed E-state index contributed by atoms with van der Waals surface area (Å²) >= 11 is 0. The van der Waals surface area contributed by atoms with Crippen molar-refractivity contribution >= 4 is 11.8 Å². The van der Waals surface area contributed by atoms with Crippen LogP contribution >= 0.6 is 0 Å². The van der Waals surface area contributed by atoms with E-state index >= 15 is 0 Å². The summed E-state index contributed by atoms with van der Waals surface area (Å²) in [5.41, 5.74) is 0.804. The first-order chi connectivity index (χ1) is 11.4. The van der Waals surface area contributed by atoms with E-state index in [1.165, 1.54) is 12.1 Å². The number of halogens is 1. The Labute approximate surface area is 142 Å². The summed E-state index contributed by atoms with van der Waals surface area (Å²) in [6.45, 7) is 8.13. The van der Waals surface area contributed by atoms with Gasteiger partial charge in [0.1, 0.15) is 5.82 Å². The lowest BCUT2D eigenvalue weighted by Gasteiger charge is -2.36. The van der Waals surface area contributed by atoms with Crippen molar-refractivity contribution in [3.8, 4) is 0 Å². The molecule has 6 heteroatoms. The maximum absolute atomic E-state index is 13.4. The lowest BCUT2D eigenvalue weighted by atomic mass is 10.1. The number of benzene rings is 1. The molecule has 2 rings (SSSR count). The molecule has 0 aromatic heterocycles. The molecule has 1 aliphatic rings. The summed E-state index contributed by atoms with van der Waals surface area (Å²) < 4.78 is 13.4. The zero-order valence-corrected chi connectivity index (χ0v) is 14.6. The maximum atomic E-state index is 13.4. The van der Waals surface area contributed by atoms with Crippen LogP contribution in [0.25, 0.3) is 0 Å². The number of carbonyl (C=O) groups is 2. The van der Waals surface area contributed by atoms with Crippen LogP contribution < -0.4 is 5.32 Å². The molecule has 1 heterocycles. The Hall–Kier alpha value is -1.95. The number of amides is 2. The molecule has 132 valence electrons. The van der Waals surface area contributed by atoms with E-state index in [0.717, 1.165) is 5.56 Å². The Morgan fingerprint density at radius 2 is 2.21 bits per heavy atom. The molecule has 0 saturated carbocycles. The highest BCUT2D eigenvalue weighted by Crippen LogP contribution is 2.16. The van der Waals surface area contributed by atoms with Gasteiger partial charge in [0, 0.05) is 32.2 Å². The number of piperazine rings is 1. The summed E-state index contributed by atoms with van der Waals surface area (Å²) in [4.78, 5) is 28.5. The van der Waals surface area contributed by atoms with Crippen LogP contribution in [-0.4, -0.2) is 53.3 Å². The van der Waals surface area contributed by atoms with Gasteiger partial charge in [0.15, 0.2) is 0 Å². The third-order valence-electron chi connectivity index (χ3n) is 4.37. The normalized spacial score (nSPS) is 18.5. The standard InChI is InChI=1S/C18H26FN3O2/c1-4-22(13(2)3)17(23)11-16-18(24)20-8-9-21(16)12-14-6-5-7-15(19)10-14/h5-7,10,13,16H,4,8-9,11-12H2,1-3H3,(H,20,24)/t16-/m0/s1. The SMILES string of the molecule is CCN(C(=O)C[C@H]1C(=O)NCCN1Cc1cccc(F)c1)C(C)C. The Kier molecular flexibility index (Phi) is 6.31. The molecule has 1 atom stereocenters. The van der Waals surface area contributed by atoms with Gasteiger partial charge in [-0.2, -0.15) is 0 Å². The third kappa shape index (κ3) is 4.54. The first-order valence-electron chi connectivity index (χ1n) is 8.48. The van der Waals surface area contributed by atoms with Crippen molar-refractivity contribution in [2.75, 3.05) is 19.6 Å². The van der Waals surface area contributed by atoms with Gasteiger partial charge >= 0.3 is 0 Å². The molecular formula is C18H26FN3O2. The first kappa shape index (κ1) is 18.4. The largest absolute Gasteiger partial charge is 0.353 e. The van der Waals surface area contributed by atoms with Crippen LogP contribution in [0.1, 0.15) is 32.8 Å². The lowest BCUT2D eigenvalue weighted by molar-refractivity contribution is -0.140. The molecule has 0 bridgehead atoms. The average molecular weight is 335 g/mol. The monoisotopic (exact) mass is 335 g/mol. The number of carbonyl (C=O) groups excluding carboxylic acids is 2. The van der Waals surface area contributed by atoms with Crippen LogP contribution in [0.2, 0.25) is 0 Å². The van der Waals surface area contributed by atoms with Crippen LogP contribution in [0.15, 0.2) is 24.3 Å². The number of rotatable bonds is 6. The van der Waals surface area contributed by atoms with Gasteiger partial charge in [0.25, 0.3) is 0 Å². The van der Waals surface area contributed by atoms with Crippen LogP contribution in [0.4, 0.5) is 4.39 Å². The van der Waals surface area contributed by atoms with Gasteiger partial charge in [-0.1, -0.05) is 12.1 Å². The topological polar surface area (TPSA) is 52.7 Å². The number of hydrogen-bond donors (Lipinski definition) is 1. The van der Waals surface area contributed by atoms with Crippen molar-refractivity contribution < 1.29 is 14.0 Å². The maximum Gasteiger partial charge on any atom is 0.237 e. The first-order valence-corrected chi connectivity index (χ1v) is 8.48. The van der Waals surface area contributed by atoms with Gasteiger partial charge in [0.05, 0.1) is 12.5 Å². The van der Waals surface area contributed by atoms with E-state index in [1.807, 2.05) is 31.7 Å². The van der Waals surface area contributed by atoms with Crippen molar-refractivity contribution in [2.24, 2.45) is 0 Å². The van der Waals surface area contributed by atoms with Crippen molar-refractivity contribution in [3.05, 3.63) is 35.6 Å². The minimum atomic E-state index is -0.512. The zero-order chi connectivity index (χ0) is 17.7. The molecular weight excluding hydrogens is 309 g/mol. The fourth-order valence-electron chi connectivity index (χ4n) is 3.16. The Balaban J connectivity index is 2.11. The summed E-state index contributed by atoms with van der Waals surface area (Å²) in [6, 6.07) is 5.95. The molecule has 1 aromatic rings. The van der Waals surface area contributed by atoms with E-state index in [0.29, 0.717) is 26.2 Å².